The number of methoxy groups -OCH3 is 1. The summed E-state index contributed by atoms with van der Waals surface area (Å²) < 4.78 is 4.65. The first-order chi connectivity index (χ1) is 5.63. The lowest BCUT2D eigenvalue weighted by Crippen LogP contribution is -1.98. The summed E-state index contributed by atoms with van der Waals surface area (Å²) in [5.74, 6) is -0.499. The van der Waals surface area contributed by atoms with E-state index in [4.69, 9.17) is 11.6 Å². The molecule has 0 aromatic carbocycles. The molecule has 0 radical (unpaired) electrons. The highest BCUT2D eigenvalue weighted by Crippen LogP contribution is 2.16. The highest BCUT2D eigenvalue weighted by molar-refractivity contribution is 6.29. The molecule has 0 spiro atoms. The van der Waals surface area contributed by atoms with Gasteiger partial charge in [0.05, 0.1) is 13.2 Å². The van der Waals surface area contributed by atoms with E-state index in [2.05, 4.69) is 14.7 Å². The number of hydrogen-bond donors (Lipinski definition) is 0. The van der Waals surface area contributed by atoms with Crippen LogP contribution < -0.4 is 4.74 Å². The van der Waals surface area contributed by atoms with E-state index in [1.807, 2.05) is 0 Å². The lowest BCUT2D eigenvalue weighted by molar-refractivity contribution is -0.394. The van der Waals surface area contributed by atoms with Gasteiger partial charge in [-0.15, -0.1) is 0 Å². The Hall–Kier alpha value is -1.43. The van der Waals surface area contributed by atoms with Gasteiger partial charge in [0.15, 0.2) is 0 Å². The van der Waals surface area contributed by atoms with E-state index < -0.39 is 10.9 Å². The molecule has 0 aliphatic carbocycles. The van der Waals surface area contributed by atoms with Crippen LogP contribution in [0.3, 0.4) is 0 Å². The Labute approximate surface area is 72.3 Å². The van der Waals surface area contributed by atoms with Crippen molar-refractivity contribution in [1.29, 1.82) is 0 Å². The van der Waals surface area contributed by atoms with Gasteiger partial charge in [-0.05, 0) is 21.5 Å². The van der Waals surface area contributed by atoms with E-state index in [0.717, 1.165) is 0 Å². The summed E-state index contributed by atoms with van der Waals surface area (Å²) in [6.45, 7) is 0. The van der Waals surface area contributed by atoms with Crippen molar-refractivity contribution in [2.24, 2.45) is 0 Å². The van der Waals surface area contributed by atoms with Gasteiger partial charge in [0.25, 0.3) is 5.88 Å². The number of rotatable bonds is 2. The number of nitro groups is 1. The quantitative estimate of drug-likeness (QED) is 0.395. The maximum atomic E-state index is 10.2. The number of aromatic nitrogens is 2. The van der Waals surface area contributed by atoms with Crippen LogP contribution in [0.15, 0.2) is 6.07 Å². The van der Waals surface area contributed by atoms with E-state index in [9.17, 15) is 10.1 Å². The van der Waals surface area contributed by atoms with Crippen LogP contribution in [0, 0.1) is 10.1 Å². The maximum absolute atomic E-state index is 10.2. The fraction of sp³-hybridized carbons (Fsp3) is 0.200. The van der Waals surface area contributed by atoms with Crippen LogP contribution in [-0.4, -0.2) is 22.0 Å². The smallest absolute Gasteiger partial charge is 0.469 e. The van der Waals surface area contributed by atoms with Gasteiger partial charge in [0, 0.05) is 0 Å². The Kier molecular flexibility index (Phi) is 2.39. The lowest BCUT2D eigenvalue weighted by Gasteiger charge is -1.94. The highest BCUT2D eigenvalue weighted by atomic mass is 35.5. The fourth-order valence-electron chi connectivity index (χ4n) is 0.572. The van der Waals surface area contributed by atoms with Crippen molar-refractivity contribution < 1.29 is 9.66 Å². The van der Waals surface area contributed by atoms with Crippen LogP contribution in [-0.2, 0) is 0 Å². The third-order valence-corrected chi connectivity index (χ3v) is 1.23. The van der Waals surface area contributed by atoms with Gasteiger partial charge in [-0.25, -0.2) is 0 Å². The molecule has 1 rings (SSSR count). The fourth-order valence-corrected chi connectivity index (χ4v) is 0.741. The second kappa shape index (κ2) is 3.31. The van der Waals surface area contributed by atoms with Crippen LogP contribution in [0.5, 0.6) is 5.88 Å². The predicted octanol–water partition coefficient (Wildman–Crippen LogP) is 1.05. The van der Waals surface area contributed by atoms with Crippen LogP contribution >= 0.6 is 11.6 Å². The Morgan fingerprint density at radius 2 is 2.33 bits per heavy atom. The second-order valence-electron chi connectivity index (χ2n) is 1.79. The standard InChI is InChI=1S/C5H4ClN3O3/c1-12-4-2-3(6)7-5(8-4)9(10)11/h2H,1H3. The van der Waals surface area contributed by atoms with Crippen molar-refractivity contribution in [1.82, 2.24) is 9.97 Å². The van der Waals surface area contributed by atoms with Crippen molar-refractivity contribution in [2.75, 3.05) is 7.11 Å². The third kappa shape index (κ3) is 1.79. The largest absolute Gasteiger partial charge is 0.473 e. The minimum Gasteiger partial charge on any atom is -0.469 e. The number of halogens is 1. The van der Waals surface area contributed by atoms with Gasteiger partial charge in [0.1, 0.15) is 0 Å². The first kappa shape index (κ1) is 8.66. The molecule has 1 aromatic heterocycles. The molecule has 0 atom stereocenters. The molecule has 0 aliphatic heterocycles. The van der Waals surface area contributed by atoms with Crippen molar-refractivity contribution in [2.45, 2.75) is 0 Å². The molecule has 7 heteroatoms. The summed E-state index contributed by atoms with van der Waals surface area (Å²) in [6.07, 6.45) is 0. The summed E-state index contributed by atoms with van der Waals surface area (Å²) >= 11 is 5.44. The molecule has 1 aromatic rings. The zero-order valence-electron chi connectivity index (χ0n) is 6.02. The molecule has 6 nitrogen and oxygen atoms in total. The zero-order chi connectivity index (χ0) is 9.14. The van der Waals surface area contributed by atoms with Gasteiger partial charge < -0.3 is 14.9 Å². The van der Waals surface area contributed by atoms with E-state index in [1.54, 1.807) is 0 Å². The predicted molar refractivity (Wildman–Crippen MR) is 40.2 cm³/mol. The van der Waals surface area contributed by atoms with Crippen molar-refractivity contribution in [3.63, 3.8) is 0 Å². The van der Waals surface area contributed by atoms with Gasteiger partial charge in [-0.1, -0.05) is 4.98 Å². The topological polar surface area (TPSA) is 78.2 Å². The Morgan fingerprint density at radius 3 is 2.83 bits per heavy atom. The molecule has 0 bridgehead atoms. The molecular weight excluding hydrogens is 186 g/mol. The number of hydrogen-bond acceptors (Lipinski definition) is 5. The Balaban J connectivity index is 3.15. The maximum Gasteiger partial charge on any atom is 0.473 e. The summed E-state index contributed by atoms with van der Waals surface area (Å²) in [6, 6.07) is 1.29. The normalized spacial score (nSPS) is 9.50. The van der Waals surface area contributed by atoms with Gasteiger partial charge in [-0.2, -0.15) is 0 Å². The Morgan fingerprint density at radius 1 is 1.67 bits per heavy atom. The van der Waals surface area contributed by atoms with Crippen LogP contribution in [0.2, 0.25) is 5.15 Å². The Bertz CT molecular complexity index is 317. The van der Waals surface area contributed by atoms with Crippen molar-refractivity contribution >= 4 is 17.5 Å². The average molecular weight is 190 g/mol. The summed E-state index contributed by atoms with van der Waals surface area (Å²) in [5.41, 5.74) is 0. The van der Waals surface area contributed by atoms with Crippen LogP contribution in [0.25, 0.3) is 0 Å². The molecular formula is C5H4ClN3O3. The first-order valence-corrected chi connectivity index (χ1v) is 3.24. The van der Waals surface area contributed by atoms with Crippen LogP contribution in [0.1, 0.15) is 0 Å². The second-order valence-corrected chi connectivity index (χ2v) is 2.18. The third-order valence-electron chi connectivity index (χ3n) is 1.03. The molecule has 0 amide bonds. The monoisotopic (exact) mass is 189 g/mol. The van der Waals surface area contributed by atoms with Gasteiger partial charge in [-0.3, -0.25) is 0 Å². The summed E-state index contributed by atoms with van der Waals surface area (Å²) in [7, 11) is 1.34. The molecule has 0 unspecified atom stereocenters. The van der Waals surface area contributed by atoms with E-state index >= 15 is 0 Å². The van der Waals surface area contributed by atoms with E-state index in [-0.39, 0.29) is 11.0 Å². The molecule has 0 saturated carbocycles. The van der Waals surface area contributed by atoms with Gasteiger partial charge >= 0.3 is 5.95 Å². The SMILES string of the molecule is COc1cc(Cl)nc([N+](=O)[O-])n1. The van der Waals surface area contributed by atoms with Gasteiger partial charge in [0.2, 0.25) is 5.15 Å². The van der Waals surface area contributed by atoms with Crippen LogP contribution in [0.4, 0.5) is 5.95 Å². The number of nitrogens with zero attached hydrogens (tertiary/aromatic N) is 3. The molecule has 12 heavy (non-hydrogen) atoms. The number of ether oxygens (including phenoxy) is 1. The summed E-state index contributed by atoms with van der Waals surface area (Å²) in [4.78, 5) is 16.2. The minimum absolute atomic E-state index is 0.0199. The van der Waals surface area contributed by atoms with Crippen molar-refractivity contribution in [3.8, 4) is 5.88 Å². The first-order valence-electron chi connectivity index (χ1n) is 2.86. The zero-order valence-corrected chi connectivity index (χ0v) is 6.78. The minimum atomic E-state index is -0.742. The molecule has 64 valence electrons. The molecule has 0 fully saturated rings. The summed E-state index contributed by atoms with van der Waals surface area (Å²) in [5, 5.41) is 10.2. The molecule has 1 heterocycles. The van der Waals surface area contributed by atoms with E-state index in [0.29, 0.717) is 0 Å². The highest BCUT2D eigenvalue weighted by Gasteiger charge is 2.14. The molecule has 0 saturated heterocycles. The molecule has 0 aliphatic rings. The molecule has 0 N–H and O–H groups in total. The average Bonchev–Trinajstić information content (AvgIpc) is 2.03. The van der Waals surface area contributed by atoms with Crippen molar-refractivity contribution in [3.05, 3.63) is 21.3 Å². The lowest BCUT2D eigenvalue weighted by atomic mass is 10.6. The van der Waals surface area contributed by atoms with E-state index in [1.165, 1.54) is 13.2 Å².